The molecule has 0 saturated heterocycles. The fourth-order valence-electron chi connectivity index (χ4n) is 3.88. The molecule has 3 atom stereocenters. The number of aliphatic hydroxyl groups excluding tert-OH is 1. The predicted molar refractivity (Wildman–Crippen MR) is 108 cm³/mol. The molecule has 1 aliphatic carbocycles. The average molecular weight is 370 g/mol. The van der Waals surface area contributed by atoms with Crippen molar-refractivity contribution in [2.24, 2.45) is 5.73 Å². The Morgan fingerprint density at radius 1 is 1.19 bits per heavy atom. The van der Waals surface area contributed by atoms with Crippen LogP contribution in [0.25, 0.3) is 0 Å². The van der Waals surface area contributed by atoms with Gasteiger partial charge in [0.1, 0.15) is 11.5 Å². The second kappa shape index (κ2) is 8.77. The van der Waals surface area contributed by atoms with Crippen LogP contribution in [0, 0.1) is 0 Å². The van der Waals surface area contributed by atoms with Gasteiger partial charge in [-0.15, -0.1) is 0 Å². The second-order valence-corrected chi connectivity index (χ2v) is 7.85. The summed E-state index contributed by atoms with van der Waals surface area (Å²) in [7, 11) is 1.66. The van der Waals surface area contributed by atoms with Crippen LogP contribution < -0.4 is 15.2 Å². The molecule has 0 heterocycles. The molecule has 3 rings (SSSR count). The topological polar surface area (TPSA) is 64.7 Å². The molecule has 3 N–H and O–H groups in total. The van der Waals surface area contributed by atoms with Gasteiger partial charge >= 0.3 is 0 Å². The van der Waals surface area contributed by atoms with E-state index >= 15 is 0 Å². The van der Waals surface area contributed by atoms with Crippen LogP contribution in [0.4, 0.5) is 0 Å². The van der Waals surface area contributed by atoms with E-state index in [0.29, 0.717) is 5.92 Å². The Morgan fingerprint density at radius 3 is 2.59 bits per heavy atom. The van der Waals surface area contributed by atoms with Crippen molar-refractivity contribution in [2.75, 3.05) is 13.7 Å². The van der Waals surface area contributed by atoms with E-state index in [4.69, 9.17) is 15.2 Å². The van der Waals surface area contributed by atoms with Gasteiger partial charge in [0.15, 0.2) is 0 Å². The lowest BCUT2D eigenvalue weighted by atomic mass is 9.92. The number of hydrogen-bond donors (Lipinski definition) is 2. The van der Waals surface area contributed by atoms with E-state index in [9.17, 15) is 5.11 Å². The molecule has 2 aromatic rings. The third-order valence-electron chi connectivity index (χ3n) is 5.63. The zero-order chi connectivity index (χ0) is 19.3. The summed E-state index contributed by atoms with van der Waals surface area (Å²) in [5.41, 5.74) is 8.47. The highest BCUT2D eigenvalue weighted by atomic mass is 16.5. The van der Waals surface area contributed by atoms with Crippen LogP contribution in [0.5, 0.6) is 11.5 Å². The maximum absolute atomic E-state index is 9.45. The summed E-state index contributed by atoms with van der Waals surface area (Å²) < 4.78 is 11.2. The fourth-order valence-corrected chi connectivity index (χ4v) is 3.88. The van der Waals surface area contributed by atoms with E-state index in [2.05, 4.69) is 31.2 Å². The first-order chi connectivity index (χ1) is 13.0. The first kappa shape index (κ1) is 19.7. The van der Waals surface area contributed by atoms with E-state index < -0.39 is 5.54 Å². The van der Waals surface area contributed by atoms with Crippen LogP contribution >= 0.6 is 0 Å². The molecule has 0 amide bonds. The number of methoxy groups -OCH3 is 1. The van der Waals surface area contributed by atoms with Gasteiger partial charge in [-0.3, -0.25) is 0 Å². The summed E-state index contributed by atoms with van der Waals surface area (Å²) in [6.45, 7) is 2.18. The van der Waals surface area contributed by atoms with E-state index in [-0.39, 0.29) is 12.7 Å². The Kier molecular flexibility index (Phi) is 6.40. The minimum Gasteiger partial charge on any atom is -0.497 e. The number of nitrogens with two attached hydrogens (primary N) is 1. The minimum atomic E-state index is -0.393. The highest BCUT2D eigenvalue weighted by molar-refractivity contribution is 5.33. The van der Waals surface area contributed by atoms with E-state index in [1.807, 2.05) is 24.3 Å². The van der Waals surface area contributed by atoms with Crippen molar-refractivity contribution in [1.29, 1.82) is 0 Å². The summed E-state index contributed by atoms with van der Waals surface area (Å²) in [6.07, 6.45) is 4.89. The molecule has 4 nitrogen and oxygen atoms in total. The summed E-state index contributed by atoms with van der Waals surface area (Å²) in [4.78, 5) is 0. The summed E-state index contributed by atoms with van der Waals surface area (Å²) in [5, 5.41) is 9.45. The molecule has 0 spiro atoms. The molecule has 1 fully saturated rings. The summed E-state index contributed by atoms with van der Waals surface area (Å²) in [6, 6.07) is 16.6. The van der Waals surface area contributed by atoms with Crippen molar-refractivity contribution in [2.45, 2.75) is 56.6 Å². The Balaban J connectivity index is 1.50. The maximum Gasteiger partial charge on any atom is 0.123 e. The number of ether oxygens (including phenoxy) is 2. The van der Waals surface area contributed by atoms with Crippen LogP contribution in [0.2, 0.25) is 0 Å². The Hall–Kier alpha value is -2.04. The van der Waals surface area contributed by atoms with Gasteiger partial charge in [0.05, 0.1) is 19.8 Å². The maximum atomic E-state index is 9.45. The lowest BCUT2D eigenvalue weighted by Gasteiger charge is -2.21. The van der Waals surface area contributed by atoms with Crippen LogP contribution in [-0.4, -0.2) is 30.5 Å². The molecule has 146 valence electrons. The molecule has 1 aliphatic rings. The highest BCUT2D eigenvalue weighted by Gasteiger charge is 2.35. The third-order valence-corrected chi connectivity index (χ3v) is 5.63. The number of hydrogen-bond acceptors (Lipinski definition) is 4. The van der Waals surface area contributed by atoms with Gasteiger partial charge in [-0.2, -0.15) is 0 Å². The summed E-state index contributed by atoms with van der Waals surface area (Å²) >= 11 is 0. The van der Waals surface area contributed by atoms with Crippen LogP contribution in [0.3, 0.4) is 0 Å². The number of rotatable bonds is 8. The van der Waals surface area contributed by atoms with Gasteiger partial charge in [0.2, 0.25) is 0 Å². The lowest BCUT2D eigenvalue weighted by Crippen LogP contribution is -2.40. The zero-order valence-electron chi connectivity index (χ0n) is 16.4. The van der Waals surface area contributed by atoms with Crippen LogP contribution in [0.1, 0.15) is 49.7 Å². The first-order valence-electron chi connectivity index (χ1n) is 9.80. The molecule has 4 heteroatoms. The van der Waals surface area contributed by atoms with Gasteiger partial charge in [0.25, 0.3) is 0 Å². The fraction of sp³-hybridized carbons (Fsp3) is 0.478. The average Bonchev–Trinajstić information content (AvgIpc) is 3.10. The Labute approximate surface area is 162 Å². The normalized spacial score (nSPS) is 23.2. The number of benzene rings is 2. The van der Waals surface area contributed by atoms with Crippen molar-refractivity contribution in [3.63, 3.8) is 0 Å². The molecular formula is C23H31NO3. The van der Waals surface area contributed by atoms with Gasteiger partial charge in [-0.05, 0) is 68.2 Å². The van der Waals surface area contributed by atoms with Gasteiger partial charge in [0, 0.05) is 11.6 Å². The van der Waals surface area contributed by atoms with Crippen molar-refractivity contribution >= 4 is 0 Å². The zero-order valence-corrected chi connectivity index (χ0v) is 16.4. The predicted octanol–water partition coefficient (Wildman–Crippen LogP) is 4.05. The molecule has 0 bridgehead atoms. The molecule has 1 saturated carbocycles. The molecule has 0 radical (unpaired) electrons. The second-order valence-electron chi connectivity index (χ2n) is 7.85. The molecule has 0 aromatic heterocycles. The van der Waals surface area contributed by atoms with E-state index in [1.165, 1.54) is 11.1 Å². The number of aryl methyl sites for hydroxylation is 1. The van der Waals surface area contributed by atoms with Gasteiger partial charge in [-0.25, -0.2) is 0 Å². The van der Waals surface area contributed by atoms with Gasteiger partial charge in [-0.1, -0.05) is 30.3 Å². The first-order valence-corrected chi connectivity index (χ1v) is 9.80. The van der Waals surface area contributed by atoms with Crippen molar-refractivity contribution in [1.82, 2.24) is 0 Å². The van der Waals surface area contributed by atoms with E-state index in [0.717, 1.165) is 43.6 Å². The smallest absolute Gasteiger partial charge is 0.123 e. The largest absolute Gasteiger partial charge is 0.497 e. The van der Waals surface area contributed by atoms with E-state index in [1.54, 1.807) is 7.11 Å². The molecule has 0 aliphatic heterocycles. The molecule has 27 heavy (non-hydrogen) atoms. The Morgan fingerprint density at radius 2 is 1.93 bits per heavy atom. The van der Waals surface area contributed by atoms with Crippen LogP contribution in [-0.2, 0) is 6.42 Å². The lowest BCUT2D eigenvalue weighted by molar-refractivity contribution is 0.198. The number of aliphatic hydroxyl groups is 1. The molecule has 2 aromatic carbocycles. The Bertz CT molecular complexity index is 731. The van der Waals surface area contributed by atoms with Crippen molar-refractivity contribution in [3.05, 3.63) is 59.7 Å². The van der Waals surface area contributed by atoms with Crippen LogP contribution in [0.15, 0.2) is 48.5 Å². The summed E-state index contributed by atoms with van der Waals surface area (Å²) in [5.74, 6) is 2.11. The van der Waals surface area contributed by atoms with Crippen molar-refractivity contribution in [3.8, 4) is 11.5 Å². The SMILES string of the molecule is COc1cccc(O[C@H](C)CCc2ccc([C@@H]3CC[C@](N)(CO)C3)cc2)c1. The molecular weight excluding hydrogens is 338 g/mol. The quantitative estimate of drug-likeness (QED) is 0.737. The third kappa shape index (κ3) is 5.24. The van der Waals surface area contributed by atoms with Crippen molar-refractivity contribution < 1.29 is 14.6 Å². The monoisotopic (exact) mass is 369 g/mol. The minimum absolute atomic E-state index is 0.0762. The van der Waals surface area contributed by atoms with Gasteiger partial charge < -0.3 is 20.3 Å². The molecule has 0 unspecified atom stereocenters. The highest BCUT2D eigenvalue weighted by Crippen LogP contribution is 2.39. The standard InChI is InChI=1S/C23H31NO3/c1-17(27-22-5-3-4-21(14-22)26-2)6-7-18-8-10-19(11-9-18)20-12-13-23(24,15-20)16-25/h3-5,8-11,14,17,20,25H,6-7,12-13,15-16,24H2,1-2H3/t17-,20-,23-/m1/s1.